The molecule has 0 radical (unpaired) electrons. The third kappa shape index (κ3) is 3.85. The molecule has 1 aliphatic carbocycles. The number of aliphatic hydroxyl groups is 1. The number of rotatable bonds is 7. The molecule has 1 saturated heterocycles. The predicted molar refractivity (Wildman–Crippen MR) is 95.2 cm³/mol. The third-order valence-electron chi connectivity index (χ3n) is 5.41. The summed E-state index contributed by atoms with van der Waals surface area (Å²) in [6, 6.07) is 0.568. The van der Waals surface area contributed by atoms with E-state index < -0.39 is 5.60 Å². The SMILES string of the molecule is CCC(O)(CC)CSc1nnc(N2CCC(C)CC2)n1C1CC1. The Bertz CT molecular complexity index is 517. The van der Waals surface area contributed by atoms with Gasteiger partial charge >= 0.3 is 0 Å². The number of aromatic nitrogens is 3. The van der Waals surface area contributed by atoms with Crippen LogP contribution < -0.4 is 4.90 Å². The van der Waals surface area contributed by atoms with Crippen LogP contribution in [0.5, 0.6) is 0 Å². The van der Waals surface area contributed by atoms with Crippen molar-refractivity contribution >= 4 is 17.7 Å². The second-order valence-electron chi connectivity index (χ2n) is 7.27. The first-order valence-corrected chi connectivity index (χ1v) is 10.1. The molecule has 23 heavy (non-hydrogen) atoms. The monoisotopic (exact) mass is 338 g/mol. The summed E-state index contributed by atoms with van der Waals surface area (Å²) in [5.41, 5.74) is -0.592. The Labute approximate surface area is 143 Å². The van der Waals surface area contributed by atoms with Crippen molar-refractivity contribution in [1.29, 1.82) is 0 Å². The highest BCUT2D eigenvalue weighted by Gasteiger charge is 2.33. The Balaban J connectivity index is 1.74. The largest absolute Gasteiger partial charge is 0.389 e. The van der Waals surface area contributed by atoms with Crippen molar-refractivity contribution in [3.8, 4) is 0 Å². The Hall–Kier alpha value is -0.750. The van der Waals surface area contributed by atoms with E-state index in [0.717, 1.165) is 43.0 Å². The average Bonchev–Trinajstić information content (AvgIpc) is 3.33. The van der Waals surface area contributed by atoms with Crippen LogP contribution in [-0.2, 0) is 0 Å². The van der Waals surface area contributed by atoms with E-state index in [1.165, 1.54) is 25.7 Å². The Morgan fingerprint density at radius 2 is 1.78 bits per heavy atom. The van der Waals surface area contributed by atoms with Crippen molar-refractivity contribution in [1.82, 2.24) is 14.8 Å². The fourth-order valence-electron chi connectivity index (χ4n) is 3.10. The van der Waals surface area contributed by atoms with Gasteiger partial charge in [0.2, 0.25) is 5.95 Å². The Kier molecular flexibility index (Phi) is 5.21. The minimum Gasteiger partial charge on any atom is -0.389 e. The summed E-state index contributed by atoms with van der Waals surface area (Å²) in [6.45, 7) is 8.61. The van der Waals surface area contributed by atoms with E-state index in [-0.39, 0.29) is 0 Å². The maximum atomic E-state index is 10.5. The average molecular weight is 339 g/mol. The van der Waals surface area contributed by atoms with Crippen molar-refractivity contribution in [2.45, 2.75) is 76.1 Å². The summed E-state index contributed by atoms with van der Waals surface area (Å²) in [6.07, 6.45) is 6.51. The molecule has 6 heteroatoms. The molecule has 130 valence electrons. The first-order chi connectivity index (χ1) is 11.1. The number of piperidine rings is 1. The van der Waals surface area contributed by atoms with E-state index in [1.807, 2.05) is 0 Å². The highest BCUT2D eigenvalue weighted by atomic mass is 32.2. The van der Waals surface area contributed by atoms with Crippen molar-refractivity contribution in [3.05, 3.63) is 0 Å². The zero-order valence-corrected chi connectivity index (χ0v) is 15.5. The summed E-state index contributed by atoms with van der Waals surface area (Å²) < 4.78 is 2.34. The fourth-order valence-corrected chi connectivity index (χ4v) is 4.37. The molecule has 0 spiro atoms. The van der Waals surface area contributed by atoms with Gasteiger partial charge in [-0.3, -0.25) is 4.57 Å². The third-order valence-corrected chi connectivity index (χ3v) is 6.63. The van der Waals surface area contributed by atoms with Gasteiger partial charge in [-0.25, -0.2) is 0 Å². The molecule has 2 fully saturated rings. The van der Waals surface area contributed by atoms with Gasteiger partial charge in [0.15, 0.2) is 5.16 Å². The normalized spacial score (nSPS) is 20.3. The standard InChI is InChI=1S/C17H30N4OS/c1-4-17(22,5-2)12-23-16-19-18-15(21(16)14-6-7-14)20-10-8-13(3)9-11-20/h13-14,22H,4-12H2,1-3H3. The van der Waals surface area contributed by atoms with Crippen LogP contribution in [0.25, 0.3) is 0 Å². The van der Waals surface area contributed by atoms with Crippen LogP contribution >= 0.6 is 11.8 Å². The predicted octanol–water partition coefficient (Wildman–Crippen LogP) is 3.49. The fraction of sp³-hybridized carbons (Fsp3) is 0.882. The molecular weight excluding hydrogens is 308 g/mol. The minimum atomic E-state index is -0.592. The summed E-state index contributed by atoms with van der Waals surface area (Å²) in [5.74, 6) is 2.57. The zero-order valence-electron chi connectivity index (χ0n) is 14.7. The summed E-state index contributed by atoms with van der Waals surface area (Å²) in [5, 5.41) is 20.5. The molecule has 1 saturated carbocycles. The van der Waals surface area contributed by atoms with Gasteiger partial charge in [-0.05, 0) is 44.4 Å². The van der Waals surface area contributed by atoms with E-state index in [9.17, 15) is 5.11 Å². The van der Waals surface area contributed by atoms with Crippen molar-refractivity contribution in [2.75, 3.05) is 23.7 Å². The molecule has 0 bridgehead atoms. The molecule has 0 unspecified atom stereocenters. The molecule has 1 aromatic rings. The van der Waals surface area contributed by atoms with Crippen LogP contribution in [-0.4, -0.2) is 44.3 Å². The van der Waals surface area contributed by atoms with Crippen LogP contribution in [0.3, 0.4) is 0 Å². The number of nitrogens with zero attached hydrogens (tertiary/aromatic N) is 4. The molecule has 0 atom stereocenters. The molecule has 0 aromatic carbocycles. The van der Waals surface area contributed by atoms with Crippen molar-refractivity contribution < 1.29 is 5.11 Å². The van der Waals surface area contributed by atoms with Gasteiger partial charge in [0, 0.05) is 24.9 Å². The van der Waals surface area contributed by atoms with Crippen LogP contribution in [0.4, 0.5) is 5.95 Å². The molecule has 2 aliphatic rings. The zero-order chi connectivity index (χ0) is 16.4. The number of hydrogen-bond acceptors (Lipinski definition) is 5. The minimum absolute atomic E-state index is 0.568. The second kappa shape index (κ2) is 7.01. The summed E-state index contributed by atoms with van der Waals surface area (Å²) >= 11 is 1.67. The smallest absolute Gasteiger partial charge is 0.228 e. The Morgan fingerprint density at radius 3 is 2.35 bits per heavy atom. The second-order valence-corrected chi connectivity index (χ2v) is 8.22. The first-order valence-electron chi connectivity index (χ1n) is 9.11. The summed E-state index contributed by atoms with van der Waals surface area (Å²) in [4.78, 5) is 2.40. The van der Waals surface area contributed by atoms with Crippen molar-refractivity contribution in [2.24, 2.45) is 5.92 Å². The summed E-state index contributed by atoms with van der Waals surface area (Å²) in [7, 11) is 0. The van der Waals surface area contributed by atoms with Gasteiger partial charge in [-0.1, -0.05) is 32.5 Å². The molecule has 1 aromatic heterocycles. The highest BCUT2D eigenvalue weighted by Crippen LogP contribution is 2.42. The van der Waals surface area contributed by atoms with E-state index in [0.29, 0.717) is 11.8 Å². The number of anilines is 1. The van der Waals surface area contributed by atoms with E-state index in [1.54, 1.807) is 11.8 Å². The molecule has 0 amide bonds. The van der Waals surface area contributed by atoms with E-state index in [4.69, 9.17) is 0 Å². The van der Waals surface area contributed by atoms with Gasteiger partial charge in [-0.15, -0.1) is 10.2 Å². The highest BCUT2D eigenvalue weighted by molar-refractivity contribution is 7.99. The van der Waals surface area contributed by atoms with Crippen LogP contribution in [0, 0.1) is 5.92 Å². The molecule has 1 N–H and O–H groups in total. The Morgan fingerprint density at radius 1 is 1.13 bits per heavy atom. The van der Waals surface area contributed by atoms with Gasteiger partial charge in [0.05, 0.1) is 5.60 Å². The number of hydrogen-bond donors (Lipinski definition) is 1. The number of thioether (sulfide) groups is 1. The van der Waals surface area contributed by atoms with E-state index >= 15 is 0 Å². The van der Waals surface area contributed by atoms with Crippen LogP contribution in [0.2, 0.25) is 0 Å². The van der Waals surface area contributed by atoms with Gasteiger partial charge < -0.3 is 10.0 Å². The lowest BCUT2D eigenvalue weighted by Gasteiger charge is -2.31. The molecule has 1 aliphatic heterocycles. The molecule has 5 nitrogen and oxygen atoms in total. The molecule has 2 heterocycles. The molecular formula is C17H30N4OS. The maximum Gasteiger partial charge on any atom is 0.228 e. The van der Waals surface area contributed by atoms with Crippen LogP contribution in [0.1, 0.15) is 65.3 Å². The first kappa shape index (κ1) is 17.1. The van der Waals surface area contributed by atoms with Gasteiger partial charge in [0.1, 0.15) is 0 Å². The maximum absolute atomic E-state index is 10.5. The van der Waals surface area contributed by atoms with Gasteiger partial charge in [0.25, 0.3) is 0 Å². The quantitative estimate of drug-likeness (QED) is 0.771. The lowest BCUT2D eigenvalue weighted by molar-refractivity contribution is 0.0571. The lowest BCUT2D eigenvalue weighted by atomic mass is 10.00. The van der Waals surface area contributed by atoms with Gasteiger partial charge in [-0.2, -0.15) is 0 Å². The molecule has 3 rings (SSSR count). The van der Waals surface area contributed by atoms with Crippen LogP contribution in [0.15, 0.2) is 5.16 Å². The topological polar surface area (TPSA) is 54.2 Å². The van der Waals surface area contributed by atoms with E-state index in [2.05, 4.69) is 40.4 Å². The lowest BCUT2D eigenvalue weighted by Crippen LogP contribution is -2.34. The van der Waals surface area contributed by atoms with Crippen molar-refractivity contribution in [3.63, 3.8) is 0 Å².